The highest BCUT2D eigenvalue weighted by Gasteiger charge is 2.09. The molecule has 1 atom stereocenters. The van der Waals surface area contributed by atoms with E-state index in [1.165, 1.54) is 12.3 Å². The first-order valence-corrected chi connectivity index (χ1v) is 6.80. The fourth-order valence-corrected chi connectivity index (χ4v) is 1.65. The van der Waals surface area contributed by atoms with Crippen LogP contribution in [-0.2, 0) is 0 Å². The van der Waals surface area contributed by atoms with Gasteiger partial charge < -0.3 is 21.2 Å². The van der Waals surface area contributed by atoms with Crippen LogP contribution in [0.25, 0.3) is 0 Å². The van der Waals surface area contributed by atoms with Gasteiger partial charge in [-0.05, 0) is 61.9 Å². The maximum absolute atomic E-state index is 10.3. The average Bonchev–Trinajstić information content (AvgIpc) is 2.48. The Bertz CT molecular complexity index is 673. The fraction of sp³-hybridized carbons (Fsp3) is 0.250. The number of aliphatic hydroxyl groups excluding tert-OH is 1. The number of H-pyrrole nitrogens is 1. The Morgan fingerprint density at radius 2 is 2.00 bits per heavy atom. The number of pyridine rings is 1. The summed E-state index contributed by atoms with van der Waals surface area (Å²) < 4.78 is 0. The summed E-state index contributed by atoms with van der Waals surface area (Å²) in [4.78, 5) is 12.7. The van der Waals surface area contributed by atoms with Gasteiger partial charge in [0.25, 0.3) is 0 Å². The van der Waals surface area contributed by atoms with Crippen LogP contribution >= 0.6 is 0 Å². The molecule has 1 aliphatic rings. The van der Waals surface area contributed by atoms with Crippen LogP contribution in [0.15, 0.2) is 58.1 Å². The van der Waals surface area contributed by atoms with Crippen LogP contribution in [0.5, 0.6) is 0 Å². The molecule has 6 nitrogen and oxygen atoms in total. The van der Waals surface area contributed by atoms with Gasteiger partial charge in [-0.15, -0.1) is 0 Å². The summed E-state index contributed by atoms with van der Waals surface area (Å²) in [5, 5.41) is 19.7. The van der Waals surface area contributed by atoms with E-state index < -0.39 is 6.23 Å². The number of nitrogen functional groups attached to an aromatic ring is 1. The Morgan fingerprint density at radius 1 is 1.36 bits per heavy atom. The molecule has 1 aromatic rings. The summed E-state index contributed by atoms with van der Waals surface area (Å²) in [6.45, 7) is 3.98. The van der Waals surface area contributed by atoms with Crippen molar-refractivity contribution >= 4 is 11.4 Å². The van der Waals surface area contributed by atoms with Crippen molar-refractivity contribution < 1.29 is 7.96 Å². The van der Waals surface area contributed by atoms with E-state index in [1.807, 2.05) is 26.0 Å². The Labute approximate surface area is 132 Å². The number of likely N-dealkylation sites (N-methyl/N-ethyl adjacent to an activating group) is 1. The maximum Gasteiger partial charge on any atom is 0.248 e. The molecule has 0 amide bonds. The van der Waals surface area contributed by atoms with E-state index in [1.54, 1.807) is 19.2 Å². The van der Waals surface area contributed by atoms with Gasteiger partial charge in [-0.25, -0.2) is 0 Å². The van der Waals surface area contributed by atoms with Gasteiger partial charge >= 0.3 is 0 Å². The lowest BCUT2D eigenvalue weighted by atomic mass is 9.95. The summed E-state index contributed by atoms with van der Waals surface area (Å²) in [5.74, 6) is 0. The predicted octanol–water partition coefficient (Wildman–Crippen LogP) is 1.83. The van der Waals surface area contributed by atoms with Crippen molar-refractivity contribution in [2.45, 2.75) is 20.1 Å². The molecule has 1 aromatic heterocycles. The van der Waals surface area contributed by atoms with Crippen LogP contribution in [-0.4, -0.2) is 29.1 Å². The van der Waals surface area contributed by atoms with E-state index in [0.717, 1.165) is 16.7 Å². The van der Waals surface area contributed by atoms with Gasteiger partial charge in [-0.3, -0.25) is 10.1 Å². The minimum absolute atomic E-state index is 0. The lowest BCUT2D eigenvalue weighted by Gasteiger charge is -2.13. The Balaban J connectivity index is 0. The van der Waals surface area contributed by atoms with Crippen molar-refractivity contribution in [2.75, 3.05) is 12.8 Å². The van der Waals surface area contributed by atoms with E-state index in [-0.39, 0.29) is 8.41 Å². The number of allylic oxidation sites excluding steroid dienone is 5. The molecule has 0 bridgehead atoms. The summed E-state index contributed by atoms with van der Waals surface area (Å²) in [6, 6.07) is 2.94. The number of anilines is 1. The van der Waals surface area contributed by atoms with Crippen LogP contribution in [0.3, 0.4) is 0 Å². The molecule has 1 aliphatic carbocycles. The second kappa shape index (κ2) is 8.11. The molecular formula is C16H26N4O2. The van der Waals surface area contributed by atoms with Gasteiger partial charge in [-0.1, -0.05) is 0 Å². The molecule has 6 heteroatoms. The number of hydrogen-bond donors (Lipinski definition) is 5. The number of aliphatic hydroxyl groups is 1. The molecule has 122 valence electrons. The van der Waals surface area contributed by atoms with Gasteiger partial charge in [0.2, 0.25) is 5.56 Å². The molecule has 0 saturated heterocycles. The van der Waals surface area contributed by atoms with Crippen molar-refractivity contribution in [1.82, 2.24) is 10.3 Å². The zero-order valence-electron chi connectivity index (χ0n) is 13.0. The highest BCUT2D eigenvalue weighted by atomic mass is 16.3. The van der Waals surface area contributed by atoms with Crippen LogP contribution in [0.2, 0.25) is 0 Å². The first-order chi connectivity index (χ1) is 10.3. The van der Waals surface area contributed by atoms with Gasteiger partial charge in [0, 0.05) is 20.8 Å². The van der Waals surface area contributed by atoms with Crippen LogP contribution in [0.1, 0.15) is 16.7 Å². The molecule has 0 aromatic carbocycles. The Hall–Kier alpha value is -2.44. The van der Waals surface area contributed by atoms with Gasteiger partial charge in [0.15, 0.2) is 0 Å². The minimum atomic E-state index is -0.693. The van der Waals surface area contributed by atoms with E-state index in [4.69, 9.17) is 11.1 Å². The molecular weight excluding hydrogens is 280 g/mol. The Morgan fingerprint density at radius 3 is 2.50 bits per heavy atom. The SMILES string of the molecule is CNC(O)/C=C1\C=C(C)C(C)=CC1=N.Nc1ccc(=O)[nH]c1.[HH].[HH]. The van der Waals surface area contributed by atoms with Crippen LogP contribution < -0.4 is 16.6 Å². The monoisotopic (exact) mass is 306 g/mol. The zero-order valence-corrected chi connectivity index (χ0v) is 13.0. The second-order valence-corrected chi connectivity index (χ2v) is 4.91. The predicted molar refractivity (Wildman–Crippen MR) is 94.1 cm³/mol. The molecule has 0 aliphatic heterocycles. The molecule has 6 N–H and O–H groups in total. The third kappa shape index (κ3) is 5.51. The normalized spacial score (nSPS) is 17.3. The summed E-state index contributed by atoms with van der Waals surface area (Å²) in [7, 11) is 1.67. The molecule has 1 unspecified atom stereocenters. The number of hydrogen-bond acceptors (Lipinski definition) is 5. The number of aromatic amines is 1. The number of nitrogens with two attached hydrogens (primary N) is 1. The number of rotatable bonds is 2. The van der Waals surface area contributed by atoms with Crippen molar-refractivity contribution in [3.8, 4) is 0 Å². The van der Waals surface area contributed by atoms with Crippen LogP contribution in [0, 0.1) is 5.41 Å². The minimum Gasteiger partial charge on any atom is -0.398 e. The van der Waals surface area contributed by atoms with E-state index in [9.17, 15) is 9.90 Å². The Kier molecular flexibility index (Phi) is 6.49. The standard InChI is InChI=1S/C11H16N2O.C5H6N2O.2H2/c1-7-4-9(6-11(14)13-3)10(12)5-8(7)2;6-4-1-2-5(8)7-3-4;;/h4-6,11-14H,1-3H3;1-3H,6H2,(H,7,8);2*1H/b9-6+,12-10?;;;. The lowest BCUT2D eigenvalue weighted by molar-refractivity contribution is 0.195. The van der Waals surface area contributed by atoms with Crippen LogP contribution in [0.4, 0.5) is 5.69 Å². The first kappa shape index (κ1) is 17.6. The quantitative estimate of drug-likeness (QED) is 0.536. The van der Waals surface area contributed by atoms with Crippen molar-refractivity contribution in [1.29, 1.82) is 5.41 Å². The largest absolute Gasteiger partial charge is 0.398 e. The molecule has 2 rings (SSSR count). The lowest BCUT2D eigenvalue weighted by Crippen LogP contribution is -2.23. The number of aromatic nitrogens is 1. The first-order valence-electron chi connectivity index (χ1n) is 6.80. The van der Waals surface area contributed by atoms with Gasteiger partial charge in [0.1, 0.15) is 6.23 Å². The highest BCUT2D eigenvalue weighted by molar-refractivity contribution is 6.10. The van der Waals surface area contributed by atoms with E-state index >= 15 is 0 Å². The smallest absolute Gasteiger partial charge is 0.248 e. The summed E-state index contributed by atoms with van der Waals surface area (Å²) >= 11 is 0. The summed E-state index contributed by atoms with van der Waals surface area (Å²) in [6.07, 6.45) is 6.13. The topological polar surface area (TPSA) is 115 Å². The van der Waals surface area contributed by atoms with Crippen molar-refractivity contribution in [2.24, 2.45) is 0 Å². The van der Waals surface area contributed by atoms with Crippen molar-refractivity contribution in [3.63, 3.8) is 0 Å². The molecule has 22 heavy (non-hydrogen) atoms. The molecule has 1 heterocycles. The maximum atomic E-state index is 10.3. The van der Waals surface area contributed by atoms with Gasteiger partial charge in [-0.2, -0.15) is 0 Å². The third-order valence-electron chi connectivity index (χ3n) is 3.11. The van der Waals surface area contributed by atoms with Gasteiger partial charge in [0.05, 0.1) is 5.71 Å². The third-order valence-corrected chi connectivity index (χ3v) is 3.11. The second-order valence-electron chi connectivity index (χ2n) is 4.91. The average molecular weight is 306 g/mol. The fourth-order valence-electron chi connectivity index (χ4n) is 1.65. The van der Waals surface area contributed by atoms with Crippen molar-refractivity contribution in [3.05, 3.63) is 63.6 Å². The van der Waals surface area contributed by atoms with E-state index in [0.29, 0.717) is 11.4 Å². The molecule has 0 saturated carbocycles. The number of nitrogens with one attached hydrogen (secondary N) is 3. The zero-order chi connectivity index (χ0) is 16.7. The molecule has 0 radical (unpaired) electrons. The van der Waals surface area contributed by atoms with E-state index in [2.05, 4.69) is 10.3 Å². The molecule has 0 fully saturated rings. The summed E-state index contributed by atoms with van der Waals surface area (Å²) in [5.41, 5.74) is 9.15. The highest BCUT2D eigenvalue weighted by Crippen LogP contribution is 2.19. The molecule has 0 spiro atoms.